The van der Waals surface area contributed by atoms with E-state index in [9.17, 15) is 13.2 Å². The Bertz CT molecular complexity index is 1180. The van der Waals surface area contributed by atoms with Gasteiger partial charge in [-0.3, -0.25) is 9.10 Å². The second kappa shape index (κ2) is 10.4. The SMILES string of the molecule is COc1ccc(N(CC(=O)Nc2ccccc2SC)S(=O)(=O)c2ccccc2)c(OC)c1. The molecule has 3 aromatic rings. The summed E-state index contributed by atoms with van der Waals surface area (Å²) < 4.78 is 38.7. The number of amides is 1. The van der Waals surface area contributed by atoms with Gasteiger partial charge in [0, 0.05) is 11.0 Å². The van der Waals surface area contributed by atoms with Crippen molar-refractivity contribution in [2.75, 3.05) is 36.6 Å². The first-order chi connectivity index (χ1) is 15.4. The lowest BCUT2D eigenvalue weighted by atomic mass is 10.2. The summed E-state index contributed by atoms with van der Waals surface area (Å²) >= 11 is 1.48. The molecule has 0 saturated heterocycles. The number of nitrogens with one attached hydrogen (secondary N) is 1. The van der Waals surface area contributed by atoms with Crippen molar-refractivity contribution in [3.63, 3.8) is 0 Å². The standard InChI is InChI=1S/C23H24N2O5S2/c1-29-17-13-14-20(21(15-17)30-2)25(32(27,28)18-9-5-4-6-10-18)16-23(26)24-19-11-7-8-12-22(19)31-3/h4-15H,16H2,1-3H3,(H,24,26). The Kier molecular flexibility index (Phi) is 7.66. The van der Waals surface area contributed by atoms with Gasteiger partial charge in [0.05, 0.1) is 30.5 Å². The maximum Gasteiger partial charge on any atom is 0.264 e. The molecule has 3 aromatic carbocycles. The summed E-state index contributed by atoms with van der Waals surface area (Å²) in [6.07, 6.45) is 1.90. The Balaban J connectivity index is 2.02. The maximum atomic E-state index is 13.5. The summed E-state index contributed by atoms with van der Waals surface area (Å²) in [7, 11) is -1.13. The second-order valence-corrected chi connectivity index (χ2v) is 9.32. The van der Waals surface area contributed by atoms with Crippen LogP contribution in [0.5, 0.6) is 11.5 Å². The third-order valence-corrected chi connectivity index (χ3v) is 7.22. The van der Waals surface area contributed by atoms with E-state index in [1.54, 1.807) is 48.5 Å². The lowest BCUT2D eigenvalue weighted by Crippen LogP contribution is -2.38. The minimum absolute atomic E-state index is 0.0650. The fourth-order valence-electron chi connectivity index (χ4n) is 3.08. The zero-order valence-corrected chi connectivity index (χ0v) is 19.6. The number of methoxy groups -OCH3 is 2. The van der Waals surface area contributed by atoms with Crippen molar-refractivity contribution in [2.45, 2.75) is 9.79 Å². The number of thioether (sulfide) groups is 1. The van der Waals surface area contributed by atoms with Crippen LogP contribution in [-0.2, 0) is 14.8 Å². The van der Waals surface area contributed by atoms with Crippen LogP contribution < -0.4 is 19.1 Å². The van der Waals surface area contributed by atoms with Crippen molar-refractivity contribution < 1.29 is 22.7 Å². The molecule has 0 atom stereocenters. The van der Waals surface area contributed by atoms with Crippen molar-refractivity contribution in [1.29, 1.82) is 0 Å². The summed E-state index contributed by atoms with van der Waals surface area (Å²) in [4.78, 5) is 13.9. The number of rotatable bonds is 9. The molecule has 0 heterocycles. The molecule has 0 unspecified atom stereocenters. The van der Waals surface area contributed by atoms with Gasteiger partial charge in [0.2, 0.25) is 5.91 Å². The van der Waals surface area contributed by atoms with Gasteiger partial charge in [-0.05, 0) is 42.7 Å². The molecule has 9 heteroatoms. The van der Waals surface area contributed by atoms with Gasteiger partial charge in [-0.25, -0.2) is 8.42 Å². The van der Waals surface area contributed by atoms with Gasteiger partial charge in [-0.15, -0.1) is 11.8 Å². The van der Waals surface area contributed by atoms with Crippen LogP contribution in [0.2, 0.25) is 0 Å². The highest BCUT2D eigenvalue weighted by atomic mass is 32.2. The van der Waals surface area contributed by atoms with E-state index < -0.39 is 22.5 Å². The van der Waals surface area contributed by atoms with Crippen molar-refractivity contribution in [3.05, 3.63) is 72.8 Å². The van der Waals surface area contributed by atoms with Crippen LogP contribution in [0.15, 0.2) is 82.6 Å². The van der Waals surface area contributed by atoms with E-state index >= 15 is 0 Å². The smallest absolute Gasteiger partial charge is 0.264 e. The molecule has 1 N–H and O–H groups in total. The summed E-state index contributed by atoms with van der Waals surface area (Å²) in [5, 5.41) is 2.81. The van der Waals surface area contributed by atoms with Crippen molar-refractivity contribution in [2.24, 2.45) is 0 Å². The lowest BCUT2D eigenvalue weighted by Gasteiger charge is -2.26. The van der Waals surface area contributed by atoms with Gasteiger partial charge in [0.15, 0.2) is 0 Å². The first-order valence-electron chi connectivity index (χ1n) is 9.63. The zero-order chi connectivity index (χ0) is 23.1. The fraction of sp³-hybridized carbons (Fsp3) is 0.174. The van der Waals surface area contributed by atoms with Crippen molar-refractivity contribution in [1.82, 2.24) is 0 Å². The summed E-state index contributed by atoms with van der Waals surface area (Å²) in [5.74, 6) is 0.283. The Morgan fingerprint density at radius 3 is 2.31 bits per heavy atom. The molecule has 0 aromatic heterocycles. The molecular formula is C23H24N2O5S2. The monoisotopic (exact) mass is 472 g/mol. The van der Waals surface area contributed by atoms with Gasteiger partial charge >= 0.3 is 0 Å². The number of hydrogen-bond acceptors (Lipinski definition) is 6. The molecule has 7 nitrogen and oxygen atoms in total. The number of anilines is 2. The molecule has 0 spiro atoms. The predicted molar refractivity (Wildman–Crippen MR) is 127 cm³/mol. The molecule has 0 bridgehead atoms. The van der Waals surface area contributed by atoms with Crippen molar-refractivity contribution in [3.8, 4) is 11.5 Å². The van der Waals surface area contributed by atoms with Crippen LogP contribution in [0.25, 0.3) is 0 Å². The third-order valence-electron chi connectivity index (χ3n) is 4.66. The zero-order valence-electron chi connectivity index (χ0n) is 17.9. The highest BCUT2D eigenvalue weighted by molar-refractivity contribution is 7.98. The Morgan fingerprint density at radius 2 is 1.66 bits per heavy atom. The Labute approximate surface area is 192 Å². The average Bonchev–Trinajstić information content (AvgIpc) is 2.83. The van der Waals surface area contributed by atoms with Crippen LogP contribution in [0.4, 0.5) is 11.4 Å². The van der Waals surface area contributed by atoms with E-state index in [0.717, 1.165) is 9.20 Å². The van der Waals surface area contributed by atoms with E-state index in [-0.39, 0.29) is 16.3 Å². The molecule has 3 rings (SSSR count). The molecule has 0 aliphatic carbocycles. The Morgan fingerprint density at radius 1 is 0.969 bits per heavy atom. The molecule has 0 aliphatic rings. The molecule has 32 heavy (non-hydrogen) atoms. The van der Waals surface area contributed by atoms with Gasteiger partial charge < -0.3 is 14.8 Å². The van der Waals surface area contributed by atoms with Crippen LogP contribution in [-0.4, -0.2) is 41.3 Å². The highest BCUT2D eigenvalue weighted by Gasteiger charge is 2.29. The number of benzene rings is 3. The first kappa shape index (κ1) is 23.5. The first-order valence-corrected chi connectivity index (χ1v) is 12.3. The van der Waals surface area contributed by atoms with E-state index in [0.29, 0.717) is 11.4 Å². The topological polar surface area (TPSA) is 84.9 Å². The summed E-state index contributed by atoms with van der Waals surface area (Å²) in [5.41, 5.74) is 0.842. The largest absolute Gasteiger partial charge is 0.497 e. The summed E-state index contributed by atoms with van der Waals surface area (Å²) in [6.45, 7) is -0.442. The van der Waals surface area contributed by atoms with Crippen molar-refractivity contribution >= 4 is 39.1 Å². The molecule has 0 radical (unpaired) electrons. The van der Waals surface area contributed by atoms with E-state index in [1.165, 1.54) is 38.1 Å². The highest BCUT2D eigenvalue weighted by Crippen LogP contribution is 2.35. The van der Waals surface area contributed by atoms with E-state index in [1.807, 2.05) is 18.4 Å². The number of para-hydroxylation sites is 1. The van der Waals surface area contributed by atoms with Gasteiger partial charge in [0.25, 0.3) is 10.0 Å². The minimum Gasteiger partial charge on any atom is -0.497 e. The summed E-state index contributed by atoms with van der Waals surface area (Å²) in [6, 6.07) is 20.0. The molecule has 0 saturated carbocycles. The third kappa shape index (κ3) is 5.17. The molecule has 1 amide bonds. The van der Waals surface area contributed by atoms with Crippen LogP contribution in [0, 0.1) is 0 Å². The quantitative estimate of drug-likeness (QED) is 0.469. The normalized spacial score (nSPS) is 11.0. The van der Waals surface area contributed by atoms with Crippen LogP contribution in [0.3, 0.4) is 0 Å². The number of ether oxygens (including phenoxy) is 2. The number of nitrogens with zero attached hydrogens (tertiary/aromatic N) is 1. The maximum absolute atomic E-state index is 13.5. The fourth-order valence-corrected chi connectivity index (χ4v) is 5.08. The number of carbonyl (C=O) groups is 1. The van der Waals surface area contributed by atoms with Gasteiger partial charge in [-0.2, -0.15) is 0 Å². The predicted octanol–water partition coefficient (Wildman–Crippen LogP) is 4.26. The van der Waals surface area contributed by atoms with E-state index in [2.05, 4.69) is 5.32 Å². The number of carbonyl (C=O) groups excluding carboxylic acids is 1. The molecule has 0 fully saturated rings. The average molecular weight is 473 g/mol. The van der Waals surface area contributed by atoms with Crippen LogP contribution >= 0.6 is 11.8 Å². The second-order valence-electron chi connectivity index (χ2n) is 6.61. The minimum atomic E-state index is -4.06. The molecule has 168 valence electrons. The molecule has 0 aliphatic heterocycles. The lowest BCUT2D eigenvalue weighted by molar-refractivity contribution is -0.114. The van der Waals surface area contributed by atoms with Gasteiger partial charge in [0.1, 0.15) is 18.0 Å². The molecular weight excluding hydrogens is 448 g/mol. The number of hydrogen-bond donors (Lipinski definition) is 1. The Hall–Kier alpha value is -3.17. The van der Waals surface area contributed by atoms with E-state index in [4.69, 9.17) is 9.47 Å². The van der Waals surface area contributed by atoms with Gasteiger partial charge in [-0.1, -0.05) is 30.3 Å². The van der Waals surface area contributed by atoms with Crippen LogP contribution in [0.1, 0.15) is 0 Å². The number of sulfonamides is 1.